The molecule has 0 spiro atoms. The molecule has 3 unspecified atom stereocenters. The van der Waals surface area contributed by atoms with E-state index >= 15 is 0 Å². The van der Waals surface area contributed by atoms with Crippen LogP contribution in [0.3, 0.4) is 0 Å². The number of nitrogens with zero attached hydrogens (tertiary/aromatic N) is 1. The fourth-order valence-corrected chi connectivity index (χ4v) is 6.33. The van der Waals surface area contributed by atoms with Gasteiger partial charge >= 0.3 is 12.1 Å². The minimum absolute atomic E-state index is 0.0124. The standard InChI is InChI=1S/C37H47N3O8/c1-3-5-17-33(39-37(45)48-25-32-30-15-8-6-13-28(30)29-14-7-9-16-31(29)32)36(44)47-24-27-12-10-19-40(27)35(43)26(11-4-2)23-34(42)38-18-21-46-22-20-41/h3-4,6-9,13-16,26-27,32-33,41H,1-2,5,10-12,17-25H2,(H,38,42)(H,39,45). The number of carbonyl (C=O) groups is 4. The Morgan fingerprint density at radius 3 is 2.33 bits per heavy atom. The van der Waals surface area contributed by atoms with Crippen LogP contribution in [-0.4, -0.2) is 92.1 Å². The van der Waals surface area contributed by atoms with Crippen LogP contribution in [-0.2, 0) is 28.6 Å². The summed E-state index contributed by atoms with van der Waals surface area (Å²) in [5, 5.41) is 14.2. The first kappa shape index (κ1) is 36.4. The molecule has 48 heavy (non-hydrogen) atoms. The Morgan fingerprint density at radius 2 is 1.67 bits per heavy atom. The quantitative estimate of drug-likeness (QED) is 0.116. The minimum Gasteiger partial charge on any atom is -0.462 e. The summed E-state index contributed by atoms with van der Waals surface area (Å²) in [7, 11) is 0. The van der Waals surface area contributed by atoms with Gasteiger partial charge in [-0.25, -0.2) is 9.59 Å². The maximum Gasteiger partial charge on any atom is 0.407 e. The molecule has 1 aliphatic heterocycles. The summed E-state index contributed by atoms with van der Waals surface area (Å²) in [5.41, 5.74) is 4.41. The van der Waals surface area contributed by atoms with Gasteiger partial charge in [-0.3, -0.25) is 9.59 Å². The molecule has 0 bridgehead atoms. The van der Waals surface area contributed by atoms with E-state index in [9.17, 15) is 19.2 Å². The molecule has 1 fully saturated rings. The van der Waals surface area contributed by atoms with Gasteiger partial charge in [0.1, 0.15) is 19.3 Å². The molecule has 3 atom stereocenters. The summed E-state index contributed by atoms with van der Waals surface area (Å²) in [6.45, 7) is 8.67. The van der Waals surface area contributed by atoms with Gasteiger partial charge in [0.15, 0.2) is 0 Å². The summed E-state index contributed by atoms with van der Waals surface area (Å²) >= 11 is 0. The Bertz CT molecular complexity index is 1380. The molecule has 258 valence electrons. The smallest absolute Gasteiger partial charge is 0.407 e. The number of amides is 3. The van der Waals surface area contributed by atoms with E-state index in [1.54, 1.807) is 17.1 Å². The molecule has 0 aromatic heterocycles. The van der Waals surface area contributed by atoms with Crippen LogP contribution in [0, 0.1) is 5.92 Å². The minimum atomic E-state index is -0.956. The predicted molar refractivity (Wildman–Crippen MR) is 181 cm³/mol. The molecule has 2 aromatic rings. The number of likely N-dealkylation sites (tertiary alicyclic amines) is 1. The molecule has 1 aliphatic carbocycles. The van der Waals surface area contributed by atoms with Crippen molar-refractivity contribution in [3.63, 3.8) is 0 Å². The zero-order valence-electron chi connectivity index (χ0n) is 27.4. The van der Waals surface area contributed by atoms with Crippen molar-refractivity contribution in [2.45, 2.75) is 56.5 Å². The van der Waals surface area contributed by atoms with Crippen molar-refractivity contribution in [2.75, 3.05) is 46.1 Å². The topological polar surface area (TPSA) is 144 Å². The molecule has 2 aliphatic rings. The first-order chi connectivity index (χ1) is 23.4. The highest BCUT2D eigenvalue weighted by Crippen LogP contribution is 2.44. The fourth-order valence-electron chi connectivity index (χ4n) is 6.33. The second-order valence-electron chi connectivity index (χ2n) is 12.0. The lowest BCUT2D eigenvalue weighted by atomic mass is 9.98. The van der Waals surface area contributed by atoms with Crippen LogP contribution in [0.5, 0.6) is 0 Å². The molecule has 2 aromatic carbocycles. The number of hydrogen-bond donors (Lipinski definition) is 3. The second-order valence-corrected chi connectivity index (χ2v) is 12.0. The Kier molecular flexibility index (Phi) is 14.2. The Balaban J connectivity index is 1.30. The van der Waals surface area contributed by atoms with E-state index in [-0.39, 0.29) is 76.2 Å². The largest absolute Gasteiger partial charge is 0.462 e. The number of esters is 1. The van der Waals surface area contributed by atoms with Gasteiger partial charge in [-0.2, -0.15) is 0 Å². The molecule has 4 rings (SSSR count). The van der Waals surface area contributed by atoms with Crippen molar-refractivity contribution in [2.24, 2.45) is 5.92 Å². The average Bonchev–Trinajstić information content (AvgIpc) is 3.70. The number of aliphatic hydroxyl groups excluding tert-OH is 1. The number of alkyl carbamates (subject to hydrolysis) is 1. The third-order valence-electron chi connectivity index (χ3n) is 8.69. The van der Waals surface area contributed by atoms with Gasteiger partial charge in [0.05, 0.1) is 31.8 Å². The summed E-state index contributed by atoms with van der Waals surface area (Å²) in [6, 6.07) is 14.8. The SMILES string of the molecule is C=CCCC(NC(=O)OCC1c2ccccc2-c2ccccc21)C(=O)OCC1CCCN1C(=O)C(CC=C)CC(=O)NCCOCCO. The number of rotatable bonds is 19. The van der Waals surface area contributed by atoms with Crippen LogP contribution in [0.4, 0.5) is 4.79 Å². The summed E-state index contributed by atoms with van der Waals surface area (Å²) in [6.07, 6.45) is 5.00. The summed E-state index contributed by atoms with van der Waals surface area (Å²) in [4.78, 5) is 53.9. The fraction of sp³-hybridized carbons (Fsp3) is 0.459. The van der Waals surface area contributed by atoms with E-state index in [0.717, 1.165) is 28.7 Å². The van der Waals surface area contributed by atoms with Crippen LogP contribution in [0.1, 0.15) is 55.6 Å². The summed E-state index contributed by atoms with van der Waals surface area (Å²) < 4.78 is 16.5. The molecular weight excluding hydrogens is 614 g/mol. The molecule has 0 saturated carbocycles. The zero-order chi connectivity index (χ0) is 34.3. The molecule has 11 heteroatoms. The maximum atomic E-state index is 13.5. The monoisotopic (exact) mass is 661 g/mol. The Labute approximate surface area is 282 Å². The lowest BCUT2D eigenvalue weighted by Gasteiger charge is -2.28. The first-order valence-electron chi connectivity index (χ1n) is 16.6. The molecule has 3 N–H and O–H groups in total. The number of allylic oxidation sites excluding steroid dienone is 2. The van der Waals surface area contributed by atoms with E-state index in [1.807, 2.05) is 36.4 Å². The third-order valence-corrected chi connectivity index (χ3v) is 8.69. The Hall–Kier alpha value is -4.48. The molecule has 1 heterocycles. The van der Waals surface area contributed by atoms with Crippen molar-refractivity contribution in [3.05, 3.63) is 85.0 Å². The van der Waals surface area contributed by atoms with E-state index < -0.39 is 24.0 Å². The summed E-state index contributed by atoms with van der Waals surface area (Å²) in [5.74, 6) is -1.81. The predicted octanol–water partition coefficient (Wildman–Crippen LogP) is 4.10. The van der Waals surface area contributed by atoms with Crippen LogP contribution < -0.4 is 10.6 Å². The van der Waals surface area contributed by atoms with Crippen LogP contribution in [0.2, 0.25) is 0 Å². The van der Waals surface area contributed by atoms with Crippen molar-refractivity contribution < 1.29 is 38.5 Å². The van der Waals surface area contributed by atoms with Crippen LogP contribution in [0.15, 0.2) is 73.8 Å². The Morgan fingerprint density at radius 1 is 0.958 bits per heavy atom. The number of aliphatic hydroxyl groups is 1. The second kappa shape index (κ2) is 18.8. The van der Waals surface area contributed by atoms with Crippen molar-refractivity contribution in [1.29, 1.82) is 0 Å². The number of hydrogen-bond acceptors (Lipinski definition) is 8. The van der Waals surface area contributed by atoms with Gasteiger partial charge in [-0.1, -0.05) is 60.7 Å². The van der Waals surface area contributed by atoms with E-state index in [4.69, 9.17) is 19.3 Å². The number of benzene rings is 2. The molecule has 0 radical (unpaired) electrons. The van der Waals surface area contributed by atoms with Gasteiger partial charge < -0.3 is 34.9 Å². The van der Waals surface area contributed by atoms with E-state index in [0.29, 0.717) is 25.8 Å². The zero-order valence-corrected chi connectivity index (χ0v) is 27.4. The van der Waals surface area contributed by atoms with Crippen molar-refractivity contribution in [3.8, 4) is 11.1 Å². The van der Waals surface area contributed by atoms with Gasteiger partial charge in [0.25, 0.3) is 0 Å². The van der Waals surface area contributed by atoms with Gasteiger partial charge in [-0.05, 0) is 54.4 Å². The van der Waals surface area contributed by atoms with Crippen molar-refractivity contribution >= 4 is 23.9 Å². The molecular formula is C37H47N3O8. The van der Waals surface area contributed by atoms with Gasteiger partial charge in [0.2, 0.25) is 11.8 Å². The number of fused-ring (bicyclic) bond motifs is 3. The highest BCUT2D eigenvalue weighted by Gasteiger charge is 2.35. The highest BCUT2D eigenvalue weighted by molar-refractivity contribution is 5.86. The first-order valence-corrected chi connectivity index (χ1v) is 16.6. The molecule has 3 amide bonds. The van der Waals surface area contributed by atoms with Crippen LogP contribution >= 0.6 is 0 Å². The number of nitrogens with one attached hydrogen (secondary N) is 2. The third kappa shape index (κ3) is 9.77. The van der Waals surface area contributed by atoms with Gasteiger partial charge in [0, 0.05) is 25.4 Å². The highest BCUT2D eigenvalue weighted by atomic mass is 16.6. The average molecular weight is 662 g/mol. The van der Waals surface area contributed by atoms with E-state index in [2.05, 4.69) is 35.9 Å². The van der Waals surface area contributed by atoms with Crippen LogP contribution in [0.25, 0.3) is 11.1 Å². The normalized spacial score (nSPS) is 16.3. The molecule has 1 saturated heterocycles. The number of carbonyl (C=O) groups excluding carboxylic acids is 4. The van der Waals surface area contributed by atoms with Crippen molar-refractivity contribution in [1.82, 2.24) is 15.5 Å². The van der Waals surface area contributed by atoms with E-state index in [1.165, 1.54) is 0 Å². The lowest BCUT2D eigenvalue weighted by Crippen LogP contribution is -2.46. The van der Waals surface area contributed by atoms with Gasteiger partial charge in [-0.15, -0.1) is 13.2 Å². The number of ether oxygens (including phenoxy) is 3. The lowest BCUT2D eigenvalue weighted by molar-refractivity contribution is -0.150. The molecule has 11 nitrogen and oxygen atoms in total. The maximum absolute atomic E-state index is 13.5.